The zero-order valence-electron chi connectivity index (χ0n) is 14.4. The van der Waals surface area contributed by atoms with Crippen LogP contribution in [0.15, 0.2) is 18.2 Å². The van der Waals surface area contributed by atoms with Crippen LogP contribution in [0.3, 0.4) is 0 Å². The third-order valence-electron chi connectivity index (χ3n) is 5.13. The van der Waals surface area contributed by atoms with Gasteiger partial charge in [0.25, 0.3) is 0 Å². The van der Waals surface area contributed by atoms with Crippen molar-refractivity contribution in [3.8, 4) is 0 Å². The largest absolute Gasteiger partial charge is 0.339 e. The van der Waals surface area contributed by atoms with Crippen molar-refractivity contribution < 1.29 is 4.79 Å². The van der Waals surface area contributed by atoms with Crippen LogP contribution < -0.4 is 10.9 Å². The number of benzene rings is 1. The predicted octanol–water partition coefficient (Wildman–Crippen LogP) is 1.38. The van der Waals surface area contributed by atoms with Crippen LogP contribution in [-0.2, 0) is 4.79 Å². The molecule has 2 saturated heterocycles. The lowest BCUT2D eigenvalue weighted by Gasteiger charge is -2.35. The Morgan fingerprint density at radius 3 is 2.57 bits per heavy atom. The number of carbonyl (C=O) groups is 1. The fourth-order valence-corrected chi connectivity index (χ4v) is 3.64. The van der Waals surface area contributed by atoms with Gasteiger partial charge >= 0.3 is 0 Å². The van der Waals surface area contributed by atoms with Crippen molar-refractivity contribution in [2.75, 3.05) is 32.7 Å². The van der Waals surface area contributed by atoms with Crippen LogP contribution in [0.1, 0.15) is 36.1 Å². The number of carbonyl (C=O) groups excluding carboxylic acids is 1. The summed E-state index contributed by atoms with van der Waals surface area (Å²) in [6, 6.07) is 6.62. The molecule has 0 saturated carbocycles. The molecule has 2 aliphatic heterocycles. The van der Waals surface area contributed by atoms with Gasteiger partial charge in [0.15, 0.2) is 0 Å². The highest BCUT2D eigenvalue weighted by Crippen LogP contribution is 2.26. The monoisotopic (exact) mass is 316 g/mol. The molecule has 2 heterocycles. The molecule has 2 atom stereocenters. The highest BCUT2D eigenvalue weighted by Gasteiger charge is 2.34. The van der Waals surface area contributed by atoms with Crippen LogP contribution in [0.5, 0.6) is 0 Å². The number of rotatable bonds is 3. The van der Waals surface area contributed by atoms with E-state index < -0.39 is 0 Å². The van der Waals surface area contributed by atoms with Crippen LogP contribution in [0, 0.1) is 13.8 Å². The highest BCUT2D eigenvalue weighted by molar-refractivity contribution is 5.82. The Morgan fingerprint density at radius 2 is 1.91 bits per heavy atom. The van der Waals surface area contributed by atoms with E-state index in [1.165, 1.54) is 16.7 Å². The number of aryl methyl sites for hydroxylation is 2. The van der Waals surface area contributed by atoms with Gasteiger partial charge < -0.3 is 9.80 Å². The fraction of sp³-hybridized carbons (Fsp3) is 0.611. The minimum atomic E-state index is -0.117. The van der Waals surface area contributed by atoms with Gasteiger partial charge in [-0.2, -0.15) is 0 Å². The van der Waals surface area contributed by atoms with E-state index in [1.807, 2.05) is 4.90 Å². The average Bonchev–Trinajstić information content (AvgIpc) is 3.04. The minimum Gasteiger partial charge on any atom is -0.339 e. The molecule has 5 heteroatoms. The van der Waals surface area contributed by atoms with E-state index in [9.17, 15) is 4.79 Å². The molecule has 3 rings (SSSR count). The first-order chi connectivity index (χ1) is 11.1. The van der Waals surface area contributed by atoms with Gasteiger partial charge in [0, 0.05) is 32.2 Å². The van der Waals surface area contributed by atoms with E-state index in [1.54, 1.807) is 0 Å². The van der Waals surface area contributed by atoms with Crippen LogP contribution in [0.25, 0.3) is 0 Å². The lowest BCUT2D eigenvalue weighted by atomic mass is 9.96. The second kappa shape index (κ2) is 6.99. The van der Waals surface area contributed by atoms with Gasteiger partial charge in [-0.05, 0) is 37.9 Å². The normalized spacial score (nSPS) is 25.8. The molecule has 1 aromatic rings. The Balaban J connectivity index is 1.60. The molecule has 23 heavy (non-hydrogen) atoms. The second-order valence-corrected chi connectivity index (χ2v) is 6.75. The quantitative estimate of drug-likeness (QED) is 0.884. The predicted molar refractivity (Wildman–Crippen MR) is 92.0 cm³/mol. The van der Waals surface area contributed by atoms with Gasteiger partial charge in [-0.15, -0.1) is 0 Å². The molecule has 1 amide bonds. The Hall–Kier alpha value is -1.43. The summed E-state index contributed by atoms with van der Waals surface area (Å²) in [5, 5.41) is 0. The summed E-state index contributed by atoms with van der Waals surface area (Å²) >= 11 is 0. The van der Waals surface area contributed by atoms with Crippen molar-refractivity contribution in [2.45, 2.75) is 39.3 Å². The van der Waals surface area contributed by atoms with Crippen molar-refractivity contribution in [2.24, 2.45) is 0 Å². The molecular formula is C18H28N4O. The van der Waals surface area contributed by atoms with Gasteiger partial charge in [-0.3, -0.25) is 4.79 Å². The molecular weight excluding hydrogens is 288 g/mol. The third kappa shape index (κ3) is 3.57. The molecule has 5 nitrogen and oxygen atoms in total. The number of piperazine rings is 1. The topological polar surface area (TPSA) is 47.6 Å². The molecule has 2 aliphatic rings. The van der Waals surface area contributed by atoms with E-state index >= 15 is 0 Å². The van der Waals surface area contributed by atoms with E-state index in [-0.39, 0.29) is 18.0 Å². The number of hydrazine groups is 1. The Morgan fingerprint density at radius 1 is 1.17 bits per heavy atom. The number of nitrogens with one attached hydrogen (secondary N) is 2. The first-order valence-corrected chi connectivity index (χ1v) is 8.68. The lowest BCUT2D eigenvalue weighted by molar-refractivity contribution is -0.134. The molecule has 0 spiro atoms. The molecule has 2 unspecified atom stereocenters. The van der Waals surface area contributed by atoms with Gasteiger partial charge in [0.2, 0.25) is 5.91 Å². The van der Waals surface area contributed by atoms with Gasteiger partial charge in [-0.1, -0.05) is 30.7 Å². The molecule has 0 radical (unpaired) electrons. The van der Waals surface area contributed by atoms with Crippen molar-refractivity contribution in [3.63, 3.8) is 0 Å². The summed E-state index contributed by atoms with van der Waals surface area (Å²) in [6.45, 7) is 11.2. The first kappa shape index (κ1) is 16.4. The number of nitrogens with zero attached hydrogens (tertiary/aromatic N) is 2. The van der Waals surface area contributed by atoms with Gasteiger partial charge in [0.1, 0.15) is 6.04 Å². The van der Waals surface area contributed by atoms with E-state index in [0.717, 1.165) is 39.1 Å². The van der Waals surface area contributed by atoms with Crippen molar-refractivity contribution in [1.29, 1.82) is 0 Å². The molecule has 2 N–H and O–H groups in total. The molecule has 1 aromatic carbocycles. The van der Waals surface area contributed by atoms with E-state index in [4.69, 9.17) is 0 Å². The maximum atomic E-state index is 12.7. The van der Waals surface area contributed by atoms with Crippen molar-refractivity contribution in [3.05, 3.63) is 34.9 Å². The van der Waals surface area contributed by atoms with E-state index in [2.05, 4.69) is 54.7 Å². The third-order valence-corrected chi connectivity index (χ3v) is 5.13. The maximum Gasteiger partial charge on any atom is 0.241 e. The van der Waals surface area contributed by atoms with Gasteiger partial charge in [0.05, 0.1) is 0 Å². The average molecular weight is 316 g/mol. The van der Waals surface area contributed by atoms with E-state index in [0.29, 0.717) is 0 Å². The standard InChI is InChI=1S/C18H28N4O/c1-4-21-7-9-22(10-8-21)18(23)17-12-16(19-20-17)15-6-5-13(2)11-14(15)3/h5-6,11,16-17,19-20H,4,7-10,12H2,1-3H3. The molecule has 2 fully saturated rings. The van der Waals surface area contributed by atoms with Crippen LogP contribution >= 0.6 is 0 Å². The highest BCUT2D eigenvalue weighted by atomic mass is 16.2. The molecule has 0 aliphatic carbocycles. The van der Waals surface area contributed by atoms with Gasteiger partial charge in [-0.25, -0.2) is 10.9 Å². The summed E-state index contributed by atoms with van der Waals surface area (Å²) in [6.07, 6.45) is 0.816. The lowest BCUT2D eigenvalue weighted by Crippen LogP contribution is -2.53. The number of hydrogen-bond donors (Lipinski definition) is 2. The summed E-state index contributed by atoms with van der Waals surface area (Å²) in [5.74, 6) is 0.237. The summed E-state index contributed by atoms with van der Waals surface area (Å²) in [4.78, 5) is 17.1. The number of hydrogen-bond acceptors (Lipinski definition) is 4. The molecule has 0 aromatic heterocycles. The zero-order chi connectivity index (χ0) is 16.4. The SMILES string of the molecule is CCN1CCN(C(=O)C2CC(c3ccc(C)cc3C)NN2)CC1. The fourth-order valence-electron chi connectivity index (χ4n) is 3.64. The number of amides is 1. The zero-order valence-corrected chi connectivity index (χ0v) is 14.4. The Bertz CT molecular complexity index is 566. The Labute approximate surface area is 139 Å². The maximum absolute atomic E-state index is 12.7. The second-order valence-electron chi connectivity index (χ2n) is 6.75. The summed E-state index contributed by atoms with van der Waals surface area (Å²) < 4.78 is 0. The van der Waals surface area contributed by atoms with Crippen LogP contribution in [0.4, 0.5) is 0 Å². The first-order valence-electron chi connectivity index (χ1n) is 8.68. The number of likely N-dealkylation sites (N-methyl/N-ethyl adjacent to an activating group) is 1. The minimum absolute atomic E-state index is 0.117. The molecule has 0 bridgehead atoms. The van der Waals surface area contributed by atoms with Crippen molar-refractivity contribution >= 4 is 5.91 Å². The smallest absolute Gasteiger partial charge is 0.241 e. The van der Waals surface area contributed by atoms with Crippen molar-refractivity contribution in [1.82, 2.24) is 20.7 Å². The summed E-state index contributed by atoms with van der Waals surface area (Å²) in [7, 11) is 0. The summed E-state index contributed by atoms with van der Waals surface area (Å²) in [5.41, 5.74) is 10.4. The Kier molecular flexibility index (Phi) is 4.99. The van der Waals surface area contributed by atoms with Crippen LogP contribution in [-0.4, -0.2) is 54.5 Å². The van der Waals surface area contributed by atoms with Crippen LogP contribution in [0.2, 0.25) is 0 Å². The molecule has 126 valence electrons.